The van der Waals surface area contributed by atoms with Gasteiger partial charge in [0.05, 0.1) is 5.56 Å². The number of hydrogen-bond acceptors (Lipinski definition) is 3. The van der Waals surface area contributed by atoms with Crippen LogP contribution in [0, 0.1) is 17.7 Å². The molecule has 2 aliphatic rings. The molecular formula is C14H17FN2O2. The van der Waals surface area contributed by atoms with E-state index in [1.54, 1.807) is 4.90 Å². The molecule has 1 aliphatic carbocycles. The number of carbonyl (C=O) groups excluding carboxylic acids is 1. The molecule has 0 radical (unpaired) electrons. The van der Waals surface area contributed by atoms with E-state index in [-0.39, 0.29) is 23.3 Å². The van der Waals surface area contributed by atoms with Gasteiger partial charge >= 0.3 is 0 Å². The Bertz CT molecular complexity index is 520. The number of phenols is 1. The van der Waals surface area contributed by atoms with Gasteiger partial charge in [-0.1, -0.05) is 0 Å². The smallest absolute Gasteiger partial charge is 0.257 e. The van der Waals surface area contributed by atoms with Gasteiger partial charge < -0.3 is 15.7 Å². The highest BCUT2D eigenvalue weighted by Crippen LogP contribution is 2.38. The Morgan fingerprint density at radius 1 is 1.37 bits per heavy atom. The summed E-state index contributed by atoms with van der Waals surface area (Å²) in [5, 5.41) is 9.66. The number of carbonyl (C=O) groups is 1. The Morgan fingerprint density at radius 2 is 2.16 bits per heavy atom. The van der Waals surface area contributed by atoms with Crippen LogP contribution in [0.15, 0.2) is 18.2 Å². The minimum atomic E-state index is -0.547. The van der Waals surface area contributed by atoms with E-state index >= 15 is 0 Å². The monoisotopic (exact) mass is 264 g/mol. The number of nitrogens with zero attached hydrogens (tertiary/aromatic N) is 1. The minimum Gasteiger partial charge on any atom is -0.507 e. The fraction of sp³-hybridized carbons (Fsp3) is 0.500. The largest absolute Gasteiger partial charge is 0.507 e. The Balaban J connectivity index is 1.78. The van der Waals surface area contributed by atoms with E-state index in [0.29, 0.717) is 24.9 Å². The molecule has 1 aromatic carbocycles. The van der Waals surface area contributed by atoms with E-state index < -0.39 is 5.82 Å². The predicted octanol–water partition coefficient (Wildman–Crippen LogP) is 1.34. The molecule has 2 fully saturated rings. The summed E-state index contributed by atoms with van der Waals surface area (Å²) in [5.74, 6) is -0.243. The molecule has 4 nitrogen and oxygen atoms in total. The maximum Gasteiger partial charge on any atom is 0.257 e. The van der Waals surface area contributed by atoms with Gasteiger partial charge in [-0.05, 0) is 36.8 Å². The van der Waals surface area contributed by atoms with Crippen LogP contribution in [0.2, 0.25) is 0 Å². The van der Waals surface area contributed by atoms with Gasteiger partial charge in [-0.3, -0.25) is 4.79 Å². The molecule has 1 heterocycles. The van der Waals surface area contributed by atoms with Gasteiger partial charge in [-0.15, -0.1) is 0 Å². The quantitative estimate of drug-likeness (QED) is 0.804. The van der Waals surface area contributed by atoms with Crippen LogP contribution in [-0.4, -0.2) is 35.0 Å². The van der Waals surface area contributed by atoms with Gasteiger partial charge in [0.15, 0.2) is 0 Å². The number of aromatic hydroxyl groups is 1. The Kier molecular flexibility index (Phi) is 2.93. The Labute approximate surface area is 111 Å². The first-order valence-electron chi connectivity index (χ1n) is 6.59. The molecule has 3 unspecified atom stereocenters. The Hall–Kier alpha value is -1.62. The van der Waals surface area contributed by atoms with E-state index in [0.717, 1.165) is 18.9 Å². The van der Waals surface area contributed by atoms with Gasteiger partial charge in [0, 0.05) is 25.2 Å². The van der Waals surface area contributed by atoms with E-state index in [9.17, 15) is 14.3 Å². The summed E-state index contributed by atoms with van der Waals surface area (Å²) >= 11 is 0. The molecule has 1 saturated carbocycles. The normalized spacial score (nSPS) is 29.6. The zero-order valence-corrected chi connectivity index (χ0v) is 10.6. The summed E-state index contributed by atoms with van der Waals surface area (Å²) in [5.41, 5.74) is 6.20. The van der Waals surface area contributed by atoms with Crippen molar-refractivity contribution in [3.63, 3.8) is 0 Å². The highest BCUT2D eigenvalue weighted by molar-refractivity contribution is 5.97. The van der Waals surface area contributed by atoms with Crippen molar-refractivity contribution in [3.8, 4) is 5.75 Å². The van der Waals surface area contributed by atoms with Crippen LogP contribution < -0.4 is 5.73 Å². The van der Waals surface area contributed by atoms with E-state index in [1.165, 1.54) is 12.1 Å². The lowest BCUT2D eigenvalue weighted by Crippen LogP contribution is -2.33. The topological polar surface area (TPSA) is 66.6 Å². The van der Waals surface area contributed by atoms with Gasteiger partial charge in [0.1, 0.15) is 11.6 Å². The van der Waals surface area contributed by atoms with Crippen molar-refractivity contribution < 1.29 is 14.3 Å². The molecule has 102 valence electrons. The summed E-state index contributed by atoms with van der Waals surface area (Å²) in [6, 6.07) is 3.66. The number of halogens is 1. The third kappa shape index (κ3) is 2.08. The summed E-state index contributed by atoms with van der Waals surface area (Å²) in [6.45, 7) is 1.33. The number of hydrogen-bond donors (Lipinski definition) is 2. The molecule has 1 aliphatic heterocycles. The molecule has 0 aromatic heterocycles. The van der Waals surface area contributed by atoms with E-state index in [4.69, 9.17) is 5.73 Å². The highest BCUT2D eigenvalue weighted by Gasteiger charge is 2.42. The second-order valence-electron chi connectivity index (χ2n) is 5.54. The van der Waals surface area contributed by atoms with Crippen molar-refractivity contribution in [2.45, 2.75) is 18.9 Å². The van der Waals surface area contributed by atoms with Crippen molar-refractivity contribution >= 4 is 5.91 Å². The third-order valence-electron chi connectivity index (χ3n) is 4.39. The minimum absolute atomic E-state index is 0.162. The molecule has 0 bridgehead atoms. The zero-order chi connectivity index (χ0) is 13.6. The van der Waals surface area contributed by atoms with Crippen molar-refractivity contribution in [2.24, 2.45) is 17.6 Å². The maximum atomic E-state index is 12.9. The van der Waals surface area contributed by atoms with Crippen molar-refractivity contribution in [1.82, 2.24) is 4.90 Å². The lowest BCUT2D eigenvalue weighted by Gasteiger charge is -2.19. The fourth-order valence-electron chi connectivity index (χ4n) is 3.33. The molecular weight excluding hydrogens is 247 g/mol. The first kappa shape index (κ1) is 12.4. The molecule has 5 heteroatoms. The molecule has 19 heavy (non-hydrogen) atoms. The van der Waals surface area contributed by atoms with Crippen LogP contribution >= 0.6 is 0 Å². The summed E-state index contributed by atoms with van der Waals surface area (Å²) < 4.78 is 12.9. The van der Waals surface area contributed by atoms with Crippen LogP contribution in [0.5, 0.6) is 5.75 Å². The molecule has 3 N–H and O–H groups in total. The predicted molar refractivity (Wildman–Crippen MR) is 68.2 cm³/mol. The fourth-order valence-corrected chi connectivity index (χ4v) is 3.33. The van der Waals surface area contributed by atoms with E-state index in [1.807, 2.05) is 0 Å². The standard InChI is InChI=1S/C14H17FN2O2/c15-9-2-3-10(13(18)5-9)14(19)17-6-8-1-4-12(16)11(8)7-17/h2-3,5,8,11-12,18H,1,4,6-7,16H2. The average Bonchev–Trinajstić information content (AvgIpc) is 2.91. The number of benzene rings is 1. The highest BCUT2D eigenvalue weighted by atomic mass is 19.1. The second kappa shape index (κ2) is 4.49. The number of amides is 1. The summed E-state index contributed by atoms with van der Waals surface area (Å²) in [6.07, 6.45) is 2.09. The van der Waals surface area contributed by atoms with Crippen LogP contribution in [-0.2, 0) is 0 Å². The lowest BCUT2D eigenvalue weighted by molar-refractivity contribution is 0.0776. The number of nitrogens with two attached hydrogens (primary N) is 1. The van der Waals surface area contributed by atoms with Gasteiger partial charge in [0.25, 0.3) is 5.91 Å². The number of phenolic OH excluding ortho intramolecular Hbond substituents is 1. The second-order valence-corrected chi connectivity index (χ2v) is 5.54. The van der Waals surface area contributed by atoms with Crippen LogP contribution in [0.4, 0.5) is 4.39 Å². The summed E-state index contributed by atoms with van der Waals surface area (Å²) in [4.78, 5) is 14.0. The van der Waals surface area contributed by atoms with E-state index in [2.05, 4.69) is 0 Å². The first-order valence-corrected chi connectivity index (χ1v) is 6.59. The van der Waals surface area contributed by atoms with Crippen molar-refractivity contribution in [2.75, 3.05) is 13.1 Å². The third-order valence-corrected chi connectivity index (χ3v) is 4.39. The first-order chi connectivity index (χ1) is 9.06. The molecule has 1 saturated heterocycles. The zero-order valence-electron chi connectivity index (χ0n) is 10.6. The van der Waals surface area contributed by atoms with Gasteiger partial charge in [-0.25, -0.2) is 4.39 Å². The molecule has 3 atom stereocenters. The molecule has 1 amide bonds. The van der Waals surface area contributed by atoms with Crippen molar-refractivity contribution in [1.29, 1.82) is 0 Å². The number of fused-ring (bicyclic) bond motifs is 1. The maximum absolute atomic E-state index is 12.9. The molecule has 3 rings (SSSR count). The average molecular weight is 264 g/mol. The van der Waals surface area contributed by atoms with Crippen molar-refractivity contribution in [3.05, 3.63) is 29.6 Å². The van der Waals surface area contributed by atoms with Crippen LogP contribution in [0.1, 0.15) is 23.2 Å². The SMILES string of the molecule is NC1CCC2CN(C(=O)c3ccc(F)cc3O)CC12. The van der Waals surface area contributed by atoms with Gasteiger partial charge in [0.2, 0.25) is 0 Å². The number of likely N-dealkylation sites (tertiary alicyclic amines) is 1. The Morgan fingerprint density at radius 3 is 2.84 bits per heavy atom. The number of rotatable bonds is 1. The van der Waals surface area contributed by atoms with Crippen LogP contribution in [0.3, 0.4) is 0 Å². The molecule has 1 aromatic rings. The lowest BCUT2D eigenvalue weighted by atomic mass is 9.98. The van der Waals surface area contributed by atoms with Gasteiger partial charge in [-0.2, -0.15) is 0 Å². The van der Waals surface area contributed by atoms with Crippen LogP contribution in [0.25, 0.3) is 0 Å². The molecule has 0 spiro atoms. The summed E-state index contributed by atoms with van der Waals surface area (Å²) in [7, 11) is 0.